The Morgan fingerprint density at radius 2 is 1.79 bits per heavy atom. The van der Waals surface area contributed by atoms with Crippen molar-refractivity contribution in [2.45, 2.75) is 36.3 Å². The van der Waals surface area contributed by atoms with Crippen LogP contribution in [0.4, 0.5) is 0 Å². The molecule has 7 heteroatoms. The number of furan rings is 1. The highest BCUT2D eigenvalue weighted by molar-refractivity contribution is 7.90. The minimum atomic E-state index is -3.50. The van der Waals surface area contributed by atoms with Crippen molar-refractivity contribution in [2.75, 3.05) is 0 Å². The highest BCUT2D eigenvalue weighted by Gasteiger charge is 2.19. The summed E-state index contributed by atoms with van der Waals surface area (Å²) < 4.78 is 30.0. The molecule has 6 nitrogen and oxygen atoms in total. The van der Waals surface area contributed by atoms with E-state index in [4.69, 9.17) is 4.42 Å². The van der Waals surface area contributed by atoms with E-state index in [1.165, 1.54) is 24.3 Å². The van der Waals surface area contributed by atoms with E-state index in [0.717, 1.165) is 31.4 Å². The van der Waals surface area contributed by atoms with Gasteiger partial charge in [0.1, 0.15) is 11.5 Å². The van der Waals surface area contributed by atoms with E-state index in [1.807, 2.05) is 0 Å². The fourth-order valence-electron chi connectivity index (χ4n) is 2.56. The first-order valence-electron chi connectivity index (χ1n) is 7.77. The Morgan fingerprint density at radius 3 is 2.50 bits per heavy atom. The van der Waals surface area contributed by atoms with Crippen LogP contribution in [0.2, 0.25) is 0 Å². The maximum Gasteiger partial charge on any atom is 0.307 e. The molecule has 2 aromatic rings. The average Bonchev–Trinajstić information content (AvgIpc) is 3.25. The second-order valence-corrected chi connectivity index (χ2v) is 7.65. The van der Waals surface area contributed by atoms with Gasteiger partial charge in [-0.15, -0.1) is 0 Å². The van der Waals surface area contributed by atoms with Crippen LogP contribution in [-0.4, -0.2) is 20.0 Å². The van der Waals surface area contributed by atoms with Crippen LogP contribution in [0.25, 0.3) is 0 Å². The number of carbonyl (C=O) groups is 1. The third kappa shape index (κ3) is 3.91. The van der Waals surface area contributed by atoms with Gasteiger partial charge in [0.2, 0.25) is 0 Å². The maximum absolute atomic E-state index is 12.3. The number of sulfone groups is 1. The lowest BCUT2D eigenvalue weighted by molar-refractivity contribution is 0.0925. The van der Waals surface area contributed by atoms with Crippen molar-refractivity contribution in [3.05, 3.63) is 54.0 Å². The molecule has 0 aliphatic heterocycles. The topological polar surface area (TPSA) is 88.7 Å². The zero-order valence-electron chi connectivity index (χ0n) is 13.1. The van der Waals surface area contributed by atoms with E-state index < -0.39 is 15.7 Å². The van der Waals surface area contributed by atoms with Gasteiger partial charge in [0.05, 0.1) is 4.90 Å². The number of rotatable bonds is 5. The van der Waals surface area contributed by atoms with Crippen molar-refractivity contribution in [1.29, 1.82) is 0 Å². The molecule has 1 N–H and O–H groups in total. The SMILES string of the molecule is O=C(NN=C1CCCC1)c1ccc(CS(=O)(=O)c2ccccc2)o1. The Kier molecular flexibility index (Phi) is 4.80. The molecule has 0 atom stereocenters. The van der Waals surface area contributed by atoms with Crippen molar-refractivity contribution in [1.82, 2.24) is 5.43 Å². The van der Waals surface area contributed by atoms with Crippen molar-refractivity contribution in [3.8, 4) is 0 Å². The van der Waals surface area contributed by atoms with Gasteiger partial charge >= 0.3 is 5.91 Å². The molecule has 1 aromatic carbocycles. The molecule has 1 aromatic heterocycles. The van der Waals surface area contributed by atoms with Gasteiger partial charge in [0.25, 0.3) is 0 Å². The smallest absolute Gasteiger partial charge is 0.307 e. The lowest BCUT2D eigenvalue weighted by atomic mass is 10.3. The number of carbonyl (C=O) groups excluding carboxylic acids is 1. The molecule has 1 saturated carbocycles. The Labute approximate surface area is 140 Å². The normalized spacial score (nSPS) is 14.6. The van der Waals surface area contributed by atoms with E-state index in [-0.39, 0.29) is 22.2 Å². The summed E-state index contributed by atoms with van der Waals surface area (Å²) >= 11 is 0. The van der Waals surface area contributed by atoms with Crippen LogP contribution in [0.1, 0.15) is 42.0 Å². The number of hydrogen-bond acceptors (Lipinski definition) is 5. The summed E-state index contributed by atoms with van der Waals surface area (Å²) in [5, 5.41) is 4.07. The van der Waals surface area contributed by atoms with Crippen molar-refractivity contribution >= 4 is 21.5 Å². The van der Waals surface area contributed by atoms with E-state index in [1.54, 1.807) is 18.2 Å². The zero-order valence-corrected chi connectivity index (χ0v) is 13.9. The monoisotopic (exact) mass is 346 g/mol. The van der Waals surface area contributed by atoms with Gasteiger partial charge in [-0.3, -0.25) is 4.79 Å². The first kappa shape index (κ1) is 16.4. The fourth-order valence-corrected chi connectivity index (χ4v) is 3.82. The summed E-state index contributed by atoms with van der Waals surface area (Å²) in [6.07, 6.45) is 3.99. The molecule has 1 aliphatic carbocycles. The van der Waals surface area contributed by atoms with E-state index in [0.29, 0.717) is 0 Å². The summed E-state index contributed by atoms with van der Waals surface area (Å²) in [5.74, 6) is -0.496. The zero-order chi connectivity index (χ0) is 17.0. The summed E-state index contributed by atoms with van der Waals surface area (Å²) in [4.78, 5) is 12.2. The number of amides is 1. The van der Waals surface area contributed by atoms with E-state index in [9.17, 15) is 13.2 Å². The average molecular weight is 346 g/mol. The van der Waals surface area contributed by atoms with Gasteiger partial charge in [0.15, 0.2) is 15.6 Å². The Hall–Kier alpha value is -2.41. The van der Waals surface area contributed by atoms with Crippen molar-refractivity contribution in [3.63, 3.8) is 0 Å². The Balaban J connectivity index is 1.67. The highest BCUT2D eigenvalue weighted by atomic mass is 32.2. The van der Waals surface area contributed by atoms with Crippen LogP contribution >= 0.6 is 0 Å². The first-order valence-corrected chi connectivity index (χ1v) is 9.42. The van der Waals surface area contributed by atoms with Crippen LogP contribution in [0.5, 0.6) is 0 Å². The molecule has 0 saturated heterocycles. The molecule has 0 radical (unpaired) electrons. The van der Waals surface area contributed by atoms with Gasteiger partial charge < -0.3 is 4.42 Å². The quantitative estimate of drug-likeness (QED) is 0.843. The third-order valence-corrected chi connectivity index (χ3v) is 5.47. The van der Waals surface area contributed by atoms with Crippen LogP contribution < -0.4 is 5.43 Å². The van der Waals surface area contributed by atoms with Crippen LogP contribution in [0.15, 0.2) is 56.9 Å². The van der Waals surface area contributed by atoms with Gasteiger partial charge in [-0.2, -0.15) is 5.10 Å². The lowest BCUT2D eigenvalue weighted by Crippen LogP contribution is -2.18. The molecule has 0 spiro atoms. The summed E-state index contributed by atoms with van der Waals surface area (Å²) in [6.45, 7) is 0. The number of nitrogens with zero attached hydrogens (tertiary/aromatic N) is 1. The molecular weight excluding hydrogens is 328 g/mol. The van der Waals surface area contributed by atoms with Gasteiger partial charge in [-0.25, -0.2) is 13.8 Å². The summed E-state index contributed by atoms with van der Waals surface area (Å²) in [5.41, 5.74) is 3.43. The molecule has 126 valence electrons. The molecular formula is C17H18N2O4S. The molecule has 1 fully saturated rings. The maximum atomic E-state index is 12.3. The standard InChI is InChI=1S/C17H18N2O4S/c20-17(19-18-13-6-4-5-7-13)16-11-10-14(23-16)12-24(21,22)15-8-2-1-3-9-15/h1-3,8-11H,4-7,12H2,(H,19,20). The van der Waals surface area contributed by atoms with Crippen LogP contribution in [0, 0.1) is 0 Å². The second kappa shape index (κ2) is 7.00. The minimum Gasteiger partial charge on any atom is -0.455 e. The molecule has 3 rings (SSSR count). The predicted molar refractivity (Wildman–Crippen MR) is 89.4 cm³/mol. The number of nitrogens with one attached hydrogen (secondary N) is 1. The third-order valence-electron chi connectivity index (χ3n) is 3.82. The van der Waals surface area contributed by atoms with Gasteiger partial charge in [-0.05, 0) is 49.9 Å². The lowest BCUT2D eigenvalue weighted by Gasteiger charge is -2.02. The van der Waals surface area contributed by atoms with Crippen LogP contribution in [-0.2, 0) is 15.6 Å². The molecule has 0 bridgehead atoms. The largest absolute Gasteiger partial charge is 0.455 e. The molecule has 0 unspecified atom stereocenters. The predicted octanol–water partition coefficient (Wildman–Crippen LogP) is 2.91. The summed E-state index contributed by atoms with van der Waals surface area (Å²) in [6, 6.07) is 11.1. The molecule has 1 heterocycles. The van der Waals surface area contributed by atoms with Crippen molar-refractivity contribution in [2.24, 2.45) is 5.10 Å². The van der Waals surface area contributed by atoms with Crippen LogP contribution in [0.3, 0.4) is 0 Å². The Bertz CT molecular complexity index is 846. The number of benzene rings is 1. The highest BCUT2D eigenvalue weighted by Crippen LogP contribution is 2.18. The summed E-state index contributed by atoms with van der Waals surface area (Å²) in [7, 11) is -3.50. The first-order chi connectivity index (χ1) is 11.5. The molecule has 24 heavy (non-hydrogen) atoms. The second-order valence-electron chi connectivity index (χ2n) is 5.66. The number of hydrogen-bond donors (Lipinski definition) is 1. The number of hydrazone groups is 1. The fraction of sp³-hybridized carbons (Fsp3) is 0.294. The van der Waals surface area contributed by atoms with Gasteiger partial charge in [-0.1, -0.05) is 18.2 Å². The van der Waals surface area contributed by atoms with E-state index in [2.05, 4.69) is 10.5 Å². The molecule has 1 amide bonds. The van der Waals surface area contributed by atoms with E-state index >= 15 is 0 Å². The van der Waals surface area contributed by atoms with Gasteiger partial charge in [0, 0.05) is 5.71 Å². The molecule has 1 aliphatic rings. The Morgan fingerprint density at radius 1 is 1.08 bits per heavy atom. The van der Waals surface area contributed by atoms with Crippen molar-refractivity contribution < 1.29 is 17.6 Å². The minimum absolute atomic E-state index is 0.0515.